The van der Waals surface area contributed by atoms with Crippen LogP contribution in [0.25, 0.3) is 0 Å². The molecular formula is C17H14Cl2N2O2. The third kappa shape index (κ3) is 4.03. The molecule has 0 spiro atoms. The van der Waals surface area contributed by atoms with Gasteiger partial charge >= 0.3 is 0 Å². The summed E-state index contributed by atoms with van der Waals surface area (Å²) in [7, 11) is 0. The van der Waals surface area contributed by atoms with Crippen LogP contribution in [0.4, 0.5) is 11.4 Å². The van der Waals surface area contributed by atoms with Crippen LogP contribution in [0.1, 0.15) is 23.2 Å². The summed E-state index contributed by atoms with van der Waals surface area (Å²) in [6.07, 6.45) is 1.88. The molecule has 4 nitrogen and oxygen atoms in total. The highest BCUT2D eigenvalue weighted by Crippen LogP contribution is 2.31. The van der Waals surface area contributed by atoms with Gasteiger partial charge < -0.3 is 10.6 Å². The predicted octanol–water partition coefficient (Wildman–Crippen LogP) is 4.59. The highest BCUT2D eigenvalue weighted by molar-refractivity contribution is 6.34. The van der Waals surface area contributed by atoms with E-state index in [1.165, 1.54) is 0 Å². The molecule has 2 aromatic rings. The van der Waals surface area contributed by atoms with Crippen molar-refractivity contribution in [3.63, 3.8) is 0 Å². The number of carbonyl (C=O) groups excluding carboxylic acids is 2. The van der Waals surface area contributed by atoms with Crippen LogP contribution in [0.15, 0.2) is 42.5 Å². The van der Waals surface area contributed by atoms with E-state index in [4.69, 9.17) is 23.2 Å². The SMILES string of the molecule is O=C(Nc1ccc(NC(=O)C2CC2)cc1Cl)c1ccc(Cl)cc1. The normalized spacial score (nSPS) is 13.5. The molecule has 118 valence electrons. The van der Waals surface area contributed by atoms with Crippen LogP contribution in [0.2, 0.25) is 10.0 Å². The average Bonchev–Trinajstić information content (AvgIpc) is 3.35. The van der Waals surface area contributed by atoms with Gasteiger partial charge in [0.1, 0.15) is 0 Å². The Morgan fingerprint density at radius 2 is 1.65 bits per heavy atom. The first-order valence-corrected chi connectivity index (χ1v) is 7.96. The molecule has 2 aromatic carbocycles. The number of amides is 2. The van der Waals surface area contributed by atoms with Crippen LogP contribution in [0, 0.1) is 5.92 Å². The van der Waals surface area contributed by atoms with Crippen molar-refractivity contribution in [1.82, 2.24) is 0 Å². The molecule has 23 heavy (non-hydrogen) atoms. The van der Waals surface area contributed by atoms with Gasteiger partial charge in [-0.15, -0.1) is 0 Å². The van der Waals surface area contributed by atoms with Crippen molar-refractivity contribution in [2.45, 2.75) is 12.8 Å². The van der Waals surface area contributed by atoms with Crippen LogP contribution in [0.5, 0.6) is 0 Å². The van der Waals surface area contributed by atoms with Crippen molar-refractivity contribution in [2.24, 2.45) is 5.92 Å². The molecular weight excluding hydrogens is 335 g/mol. The van der Waals surface area contributed by atoms with Crippen molar-refractivity contribution in [3.05, 3.63) is 58.1 Å². The number of carbonyl (C=O) groups is 2. The lowest BCUT2D eigenvalue weighted by molar-refractivity contribution is -0.117. The van der Waals surface area contributed by atoms with Gasteiger partial charge in [-0.05, 0) is 55.3 Å². The number of halogens is 2. The predicted molar refractivity (Wildman–Crippen MR) is 92.2 cm³/mol. The molecule has 2 N–H and O–H groups in total. The maximum Gasteiger partial charge on any atom is 0.255 e. The van der Waals surface area contributed by atoms with E-state index in [-0.39, 0.29) is 17.7 Å². The lowest BCUT2D eigenvalue weighted by atomic mass is 10.2. The molecule has 0 aliphatic heterocycles. The van der Waals surface area contributed by atoms with Crippen LogP contribution >= 0.6 is 23.2 Å². The minimum atomic E-state index is -0.279. The lowest BCUT2D eigenvalue weighted by Crippen LogP contribution is -2.14. The maximum absolute atomic E-state index is 12.2. The summed E-state index contributed by atoms with van der Waals surface area (Å²) in [5, 5.41) is 6.47. The Labute approximate surface area is 143 Å². The molecule has 6 heteroatoms. The smallest absolute Gasteiger partial charge is 0.255 e. The summed E-state index contributed by atoms with van der Waals surface area (Å²) < 4.78 is 0. The van der Waals surface area contributed by atoms with E-state index in [2.05, 4.69) is 10.6 Å². The zero-order valence-electron chi connectivity index (χ0n) is 12.1. The van der Waals surface area contributed by atoms with E-state index >= 15 is 0 Å². The first kappa shape index (κ1) is 15.8. The molecule has 0 unspecified atom stereocenters. The van der Waals surface area contributed by atoms with Gasteiger partial charge in [-0.25, -0.2) is 0 Å². The van der Waals surface area contributed by atoms with Crippen molar-refractivity contribution in [1.29, 1.82) is 0 Å². The lowest BCUT2D eigenvalue weighted by Gasteiger charge is -2.10. The molecule has 0 radical (unpaired) electrons. The number of anilines is 2. The summed E-state index contributed by atoms with van der Waals surface area (Å²) in [4.78, 5) is 23.9. The Morgan fingerprint density at radius 1 is 0.957 bits per heavy atom. The summed E-state index contributed by atoms with van der Waals surface area (Å²) in [6, 6.07) is 11.6. The fraction of sp³-hybridized carbons (Fsp3) is 0.176. The molecule has 3 rings (SSSR count). The Hall–Kier alpha value is -2.04. The van der Waals surface area contributed by atoms with Crippen molar-refractivity contribution in [2.75, 3.05) is 10.6 Å². The molecule has 1 saturated carbocycles. The average molecular weight is 349 g/mol. The maximum atomic E-state index is 12.2. The second kappa shape index (κ2) is 6.60. The van der Waals surface area contributed by atoms with Crippen LogP contribution < -0.4 is 10.6 Å². The van der Waals surface area contributed by atoms with E-state index in [0.717, 1.165) is 12.8 Å². The largest absolute Gasteiger partial charge is 0.326 e. The second-order valence-electron chi connectivity index (χ2n) is 5.42. The Bertz CT molecular complexity index is 756. The zero-order valence-corrected chi connectivity index (χ0v) is 13.6. The van der Waals surface area contributed by atoms with Gasteiger partial charge in [0, 0.05) is 22.2 Å². The first-order valence-electron chi connectivity index (χ1n) is 7.20. The van der Waals surface area contributed by atoms with E-state index in [1.807, 2.05) is 0 Å². The number of benzene rings is 2. The number of hydrogen-bond acceptors (Lipinski definition) is 2. The van der Waals surface area contributed by atoms with Crippen LogP contribution in [0.3, 0.4) is 0 Å². The second-order valence-corrected chi connectivity index (χ2v) is 6.26. The fourth-order valence-corrected chi connectivity index (χ4v) is 2.43. The third-order valence-electron chi connectivity index (χ3n) is 3.54. The van der Waals surface area contributed by atoms with Gasteiger partial charge in [-0.3, -0.25) is 9.59 Å². The molecule has 1 aliphatic rings. The highest BCUT2D eigenvalue weighted by atomic mass is 35.5. The summed E-state index contributed by atoms with van der Waals surface area (Å²) in [5.74, 6) is -0.143. The van der Waals surface area contributed by atoms with Gasteiger partial charge in [0.05, 0.1) is 10.7 Å². The third-order valence-corrected chi connectivity index (χ3v) is 4.10. The minimum Gasteiger partial charge on any atom is -0.326 e. The molecule has 0 atom stereocenters. The van der Waals surface area contributed by atoms with Crippen molar-refractivity contribution < 1.29 is 9.59 Å². The number of rotatable bonds is 4. The van der Waals surface area contributed by atoms with Gasteiger partial charge in [0.25, 0.3) is 5.91 Å². The Kier molecular flexibility index (Phi) is 4.55. The number of hydrogen-bond donors (Lipinski definition) is 2. The molecule has 0 aromatic heterocycles. The minimum absolute atomic E-state index is 0.0130. The van der Waals surface area contributed by atoms with Crippen LogP contribution in [-0.4, -0.2) is 11.8 Å². The highest BCUT2D eigenvalue weighted by Gasteiger charge is 2.29. The Morgan fingerprint density at radius 3 is 2.26 bits per heavy atom. The molecule has 0 heterocycles. The monoisotopic (exact) mass is 348 g/mol. The van der Waals surface area contributed by atoms with Gasteiger partial charge in [-0.1, -0.05) is 23.2 Å². The van der Waals surface area contributed by atoms with E-state index in [0.29, 0.717) is 27.0 Å². The molecule has 1 fully saturated rings. The van der Waals surface area contributed by atoms with Crippen molar-refractivity contribution in [3.8, 4) is 0 Å². The summed E-state index contributed by atoms with van der Waals surface area (Å²) in [5.41, 5.74) is 1.59. The molecule has 0 saturated heterocycles. The van der Waals surface area contributed by atoms with Crippen LogP contribution in [-0.2, 0) is 4.79 Å². The molecule has 1 aliphatic carbocycles. The van der Waals surface area contributed by atoms with Gasteiger partial charge in [-0.2, -0.15) is 0 Å². The van der Waals surface area contributed by atoms with Crippen molar-refractivity contribution >= 4 is 46.4 Å². The van der Waals surface area contributed by atoms with E-state index in [1.54, 1.807) is 42.5 Å². The Balaban J connectivity index is 1.69. The van der Waals surface area contributed by atoms with Gasteiger partial charge in [0.15, 0.2) is 0 Å². The van der Waals surface area contributed by atoms with E-state index in [9.17, 15) is 9.59 Å². The zero-order chi connectivity index (χ0) is 16.4. The standard InChI is InChI=1S/C17H14Cl2N2O2/c18-12-5-3-11(4-6-12)17(23)21-15-8-7-13(9-14(15)19)20-16(22)10-1-2-10/h3-10H,1-2H2,(H,20,22)(H,21,23). The summed E-state index contributed by atoms with van der Waals surface area (Å²) >= 11 is 12.0. The quantitative estimate of drug-likeness (QED) is 0.848. The topological polar surface area (TPSA) is 58.2 Å². The molecule has 2 amide bonds. The summed E-state index contributed by atoms with van der Waals surface area (Å²) in [6.45, 7) is 0. The number of nitrogens with one attached hydrogen (secondary N) is 2. The van der Waals surface area contributed by atoms with E-state index < -0.39 is 0 Å². The molecule has 0 bridgehead atoms. The fourth-order valence-electron chi connectivity index (χ4n) is 2.08. The van der Waals surface area contributed by atoms with Gasteiger partial charge in [0.2, 0.25) is 5.91 Å². The first-order chi connectivity index (χ1) is 11.0.